The smallest absolute Gasteiger partial charge is 0.315 e. The fourth-order valence-electron chi connectivity index (χ4n) is 2.11. The summed E-state index contributed by atoms with van der Waals surface area (Å²) in [5.41, 5.74) is 1.99. The van der Waals surface area contributed by atoms with E-state index in [-0.39, 0.29) is 12.1 Å². The Morgan fingerprint density at radius 2 is 1.86 bits per heavy atom. The van der Waals surface area contributed by atoms with Crippen molar-refractivity contribution in [2.24, 2.45) is 0 Å². The van der Waals surface area contributed by atoms with Gasteiger partial charge in [-0.15, -0.1) is 0 Å². The number of rotatable bonds is 5. The van der Waals surface area contributed by atoms with E-state index in [0.29, 0.717) is 6.54 Å². The summed E-state index contributed by atoms with van der Waals surface area (Å²) >= 11 is 3.40. The van der Waals surface area contributed by atoms with Crippen molar-refractivity contribution in [3.8, 4) is 5.75 Å². The maximum atomic E-state index is 12.0. The molecule has 0 heterocycles. The molecule has 4 nitrogen and oxygen atoms in total. The molecule has 2 aromatic rings. The van der Waals surface area contributed by atoms with Crippen molar-refractivity contribution >= 4 is 22.0 Å². The Labute approximate surface area is 139 Å². The number of hydrogen-bond donors (Lipinski definition) is 2. The van der Waals surface area contributed by atoms with Gasteiger partial charge in [0, 0.05) is 16.6 Å². The summed E-state index contributed by atoms with van der Waals surface area (Å²) in [6, 6.07) is 15.2. The van der Waals surface area contributed by atoms with Crippen LogP contribution in [0.4, 0.5) is 4.79 Å². The van der Waals surface area contributed by atoms with E-state index in [1.54, 1.807) is 7.11 Å². The standard InChI is InChI=1S/C17H19BrN2O2/c1-12(13-7-9-15(18)10-8-13)20-17(21)19-11-14-5-3-4-6-16(14)22-2/h3-10,12H,11H2,1-2H3,(H2,19,20,21). The van der Waals surface area contributed by atoms with E-state index >= 15 is 0 Å². The van der Waals surface area contributed by atoms with Gasteiger partial charge in [-0.1, -0.05) is 46.3 Å². The first-order valence-electron chi connectivity index (χ1n) is 7.02. The highest BCUT2D eigenvalue weighted by Gasteiger charge is 2.10. The van der Waals surface area contributed by atoms with Crippen molar-refractivity contribution in [1.82, 2.24) is 10.6 Å². The predicted molar refractivity (Wildman–Crippen MR) is 90.9 cm³/mol. The molecule has 2 rings (SSSR count). The quantitative estimate of drug-likeness (QED) is 0.843. The fourth-order valence-corrected chi connectivity index (χ4v) is 2.37. The lowest BCUT2D eigenvalue weighted by atomic mass is 10.1. The first-order valence-corrected chi connectivity index (χ1v) is 7.81. The Bertz CT molecular complexity index is 629. The molecule has 2 amide bonds. The molecule has 22 heavy (non-hydrogen) atoms. The highest BCUT2D eigenvalue weighted by Crippen LogP contribution is 2.18. The van der Waals surface area contributed by atoms with Crippen LogP contribution in [0.1, 0.15) is 24.1 Å². The molecular formula is C17H19BrN2O2. The van der Waals surface area contributed by atoms with Gasteiger partial charge in [0.05, 0.1) is 13.2 Å². The van der Waals surface area contributed by atoms with Crippen LogP contribution < -0.4 is 15.4 Å². The van der Waals surface area contributed by atoms with E-state index in [1.807, 2.05) is 55.5 Å². The molecule has 0 saturated carbocycles. The van der Waals surface area contributed by atoms with Crippen LogP contribution in [0.2, 0.25) is 0 Å². The Hall–Kier alpha value is -2.01. The fraction of sp³-hybridized carbons (Fsp3) is 0.235. The third kappa shape index (κ3) is 4.49. The molecule has 0 aliphatic heterocycles. The summed E-state index contributed by atoms with van der Waals surface area (Å²) in [5.74, 6) is 0.767. The van der Waals surface area contributed by atoms with E-state index in [0.717, 1.165) is 21.3 Å². The minimum absolute atomic E-state index is 0.0641. The van der Waals surface area contributed by atoms with Gasteiger partial charge in [0.25, 0.3) is 0 Å². The van der Waals surface area contributed by atoms with Crippen molar-refractivity contribution < 1.29 is 9.53 Å². The molecule has 0 fully saturated rings. The monoisotopic (exact) mass is 362 g/mol. The zero-order chi connectivity index (χ0) is 15.9. The van der Waals surface area contributed by atoms with Crippen LogP contribution in [0, 0.1) is 0 Å². The van der Waals surface area contributed by atoms with E-state index in [4.69, 9.17) is 4.74 Å². The number of carbonyl (C=O) groups is 1. The van der Waals surface area contributed by atoms with Crippen LogP contribution in [-0.2, 0) is 6.54 Å². The number of carbonyl (C=O) groups excluding carboxylic acids is 1. The first kappa shape index (κ1) is 16.4. The summed E-state index contributed by atoms with van der Waals surface area (Å²) in [6.07, 6.45) is 0. The molecule has 0 bridgehead atoms. The number of methoxy groups -OCH3 is 1. The zero-order valence-electron chi connectivity index (χ0n) is 12.6. The number of ether oxygens (including phenoxy) is 1. The first-order chi connectivity index (χ1) is 10.6. The molecule has 5 heteroatoms. The molecular weight excluding hydrogens is 344 g/mol. The van der Waals surface area contributed by atoms with Crippen molar-refractivity contribution in [3.63, 3.8) is 0 Å². The van der Waals surface area contributed by atoms with Crippen LogP contribution >= 0.6 is 15.9 Å². The number of halogens is 1. The van der Waals surface area contributed by atoms with Gasteiger partial charge in [0.15, 0.2) is 0 Å². The molecule has 0 radical (unpaired) electrons. The maximum Gasteiger partial charge on any atom is 0.315 e. The highest BCUT2D eigenvalue weighted by molar-refractivity contribution is 9.10. The Kier molecular flexibility index (Phi) is 5.83. The topological polar surface area (TPSA) is 50.4 Å². The summed E-state index contributed by atoms with van der Waals surface area (Å²) in [6.45, 7) is 2.37. The molecule has 0 saturated heterocycles. The Morgan fingerprint density at radius 3 is 2.55 bits per heavy atom. The highest BCUT2D eigenvalue weighted by atomic mass is 79.9. The Morgan fingerprint density at radius 1 is 1.18 bits per heavy atom. The van der Waals surface area contributed by atoms with Crippen molar-refractivity contribution in [2.45, 2.75) is 19.5 Å². The molecule has 116 valence electrons. The van der Waals surface area contributed by atoms with Crippen LogP contribution in [0.5, 0.6) is 5.75 Å². The number of amides is 2. The van der Waals surface area contributed by atoms with Gasteiger partial charge >= 0.3 is 6.03 Å². The molecule has 2 aromatic carbocycles. The second kappa shape index (κ2) is 7.84. The van der Waals surface area contributed by atoms with Crippen molar-refractivity contribution in [2.75, 3.05) is 7.11 Å². The number of hydrogen-bond acceptors (Lipinski definition) is 2. The molecule has 0 aliphatic rings. The lowest BCUT2D eigenvalue weighted by Gasteiger charge is -2.16. The van der Waals surface area contributed by atoms with E-state index in [1.165, 1.54) is 0 Å². The van der Waals surface area contributed by atoms with Gasteiger partial charge in [-0.05, 0) is 30.7 Å². The van der Waals surface area contributed by atoms with Gasteiger partial charge in [-0.2, -0.15) is 0 Å². The largest absolute Gasteiger partial charge is 0.496 e. The van der Waals surface area contributed by atoms with Gasteiger partial charge in [-0.25, -0.2) is 4.79 Å². The lowest BCUT2D eigenvalue weighted by Crippen LogP contribution is -2.36. The summed E-state index contributed by atoms with van der Waals surface area (Å²) in [7, 11) is 1.62. The maximum absolute atomic E-state index is 12.0. The van der Waals surface area contributed by atoms with Gasteiger partial charge in [0.2, 0.25) is 0 Å². The average molecular weight is 363 g/mol. The Balaban J connectivity index is 1.88. The van der Waals surface area contributed by atoms with E-state index < -0.39 is 0 Å². The van der Waals surface area contributed by atoms with Crippen LogP contribution in [0.25, 0.3) is 0 Å². The summed E-state index contributed by atoms with van der Waals surface area (Å²) in [4.78, 5) is 12.0. The number of nitrogens with one attached hydrogen (secondary N) is 2. The third-order valence-corrected chi connectivity index (χ3v) is 3.88. The van der Waals surface area contributed by atoms with Gasteiger partial charge in [-0.3, -0.25) is 0 Å². The number of benzene rings is 2. The van der Waals surface area contributed by atoms with E-state index in [2.05, 4.69) is 26.6 Å². The number of para-hydroxylation sites is 1. The van der Waals surface area contributed by atoms with Crippen LogP contribution in [0.3, 0.4) is 0 Å². The van der Waals surface area contributed by atoms with Crippen LogP contribution in [-0.4, -0.2) is 13.1 Å². The number of urea groups is 1. The normalized spacial score (nSPS) is 11.6. The summed E-state index contributed by atoms with van der Waals surface area (Å²) in [5, 5.41) is 5.76. The average Bonchev–Trinajstić information content (AvgIpc) is 2.53. The second-order valence-corrected chi connectivity index (χ2v) is 5.83. The SMILES string of the molecule is COc1ccccc1CNC(=O)NC(C)c1ccc(Br)cc1. The van der Waals surface area contributed by atoms with Gasteiger partial charge in [0.1, 0.15) is 5.75 Å². The van der Waals surface area contributed by atoms with Crippen molar-refractivity contribution in [1.29, 1.82) is 0 Å². The predicted octanol–water partition coefficient (Wildman–Crippen LogP) is 4.02. The molecule has 2 N–H and O–H groups in total. The molecule has 0 spiro atoms. The zero-order valence-corrected chi connectivity index (χ0v) is 14.2. The lowest BCUT2D eigenvalue weighted by molar-refractivity contribution is 0.237. The van der Waals surface area contributed by atoms with Crippen molar-refractivity contribution in [3.05, 3.63) is 64.1 Å². The second-order valence-electron chi connectivity index (χ2n) is 4.91. The third-order valence-electron chi connectivity index (χ3n) is 3.35. The molecule has 1 atom stereocenters. The molecule has 0 aromatic heterocycles. The minimum atomic E-state index is -0.207. The molecule has 1 unspecified atom stereocenters. The minimum Gasteiger partial charge on any atom is -0.496 e. The summed E-state index contributed by atoms with van der Waals surface area (Å²) < 4.78 is 6.28. The molecule has 0 aliphatic carbocycles. The van der Waals surface area contributed by atoms with Gasteiger partial charge < -0.3 is 15.4 Å². The van der Waals surface area contributed by atoms with Crippen LogP contribution in [0.15, 0.2) is 53.0 Å². The van der Waals surface area contributed by atoms with E-state index in [9.17, 15) is 4.79 Å².